The molecule has 24 heavy (non-hydrogen) atoms. The Morgan fingerprint density at radius 3 is 2.71 bits per heavy atom. The number of aryl methyl sites for hydroxylation is 1. The SMILES string of the molecule is Cc1ccc2nc(CC3CCN(C(=O)OC(C)(C)C)CC3)[nH]c2c1. The lowest BCUT2D eigenvalue weighted by atomic mass is 9.93. The molecule has 1 N–H and O–H groups in total. The van der Waals surface area contributed by atoms with E-state index in [9.17, 15) is 4.79 Å². The average Bonchev–Trinajstić information content (AvgIpc) is 2.87. The number of benzene rings is 1. The Balaban J connectivity index is 1.55. The second-order valence-electron chi connectivity index (χ2n) is 7.82. The summed E-state index contributed by atoms with van der Waals surface area (Å²) >= 11 is 0. The Hall–Kier alpha value is -2.04. The molecule has 1 aromatic heterocycles. The van der Waals surface area contributed by atoms with Crippen LogP contribution in [0.4, 0.5) is 4.79 Å². The lowest BCUT2D eigenvalue weighted by molar-refractivity contribution is 0.0184. The van der Waals surface area contributed by atoms with Crippen LogP contribution in [-0.2, 0) is 11.2 Å². The van der Waals surface area contributed by atoms with Gasteiger partial charge in [-0.25, -0.2) is 9.78 Å². The predicted molar refractivity (Wildman–Crippen MR) is 95.1 cm³/mol. The monoisotopic (exact) mass is 329 g/mol. The van der Waals surface area contributed by atoms with Gasteiger partial charge in [0.15, 0.2) is 0 Å². The minimum atomic E-state index is -0.430. The summed E-state index contributed by atoms with van der Waals surface area (Å²) in [4.78, 5) is 22.1. The maximum atomic E-state index is 12.1. The van der Waals surface area contributed by atoms with Gasteiger partial charge in [-0.05, 0) is 64.2 Å². The average molecular weight is 329 g/mol. The summed E-state index contributed by atoms with van der Waals surface area (Å²) in [5.41, 5.74) is 2.95. The Morgan fingerprint density at radius 1 is 1.33 bits per heavy atom. The fourth-order valence-electron chi connectivity index (χ4n) is 3.19. The lowest BCUT2D eigenvalue weighted by Gasteiger charge is -2.33. The van der Waals surface area contributed by atoms with Crippen LogP contribution in [0.5, 0.6) is 0 Å². The molecule has 130 valence electrons. The summed E-state index contributed by atoms with van der Waals surface area (Å²) in [5.74, 6) is 1.61. The van der Waals surface area contributed by atoms with Crippen molar-refractivity contribution >= 4 is 17.1 Å². The normalized spacial score (nSPS) is 16.6. The van der Waals surface area contributed by atoms with Crippen LogP contribution in [-0.4, -0.2) is 39.7 Å². The Morgan fingerprint density at radius 2 is 2.04 bits per heavy atom. The molecule has 5 heteroatoms. The van der Waals surface area contributed by atoms with E-state index in [1.165, 1.54) is 5.56 Å². The fraction of sp³-hybridized carbons (Fsp3) is 0.579. The molecular weight excluding hydrogens is 302 g/mol. The molecule has 1 aliphatic heterocycles. The molecule has 2 aromatic rings. The zero-order valence-corrected chi connectivity index (χ0v) is 15.1. The first-order valence-corrected chi connectivity index (χ1v) is 8.73. The number of ether oxygens (including phenoxy) is 1. The Labute approximate surface area is 143 Å². The number of fused-ring (bicyclic) bond motifs is 1. The summed E-state index contributed by atoms with van der Waals surface area (Å²) in [5, 5.41) is 0. The van der Waals surface area contributed by atoms with Crippen LogP contribution in [0.2, 0.25) is 0 Å². The Bertz CT molecular complexity index is 722. The van der Waals surface area contributed by atoms with Crippen LogP contribution >= 0.6 is 0 Å². The minimum absolute atomic E-state index is 0.194. The van der Waals surface area contributed by atoms with Crippen molar-refractivity contribution in [1.29, 1.82) is 0 Å². The van der Waals surface area contributed by atoms with E-state index >= 15 is 0 Å². The van der Waals surface area contributed by atoms with Crippen molar-refractivity contribution in [2.45, 2.75) is 52.6 Å². The lowest BCUT2D eigenvalue weighted by Crippen LogP contribution is -2.42. The number of amides is 1. The zero-order chi connectivity index (χ0) is 17.3. The summed E-state index contributed by atoms with van der Waals surface area (Å²) in [6, 6.07) is 6.29. The van der Waals surface area contributed by atoms with Crippen molar-refractivity contribution in [2.24, 2.45) is 5.92 Å². The molecular formula is C19H27N3O2. The number of nitrogens with one attached hydrogen (secondary N) is 1. The standard InChI is InChI=1S/C19H27N3O2/c1-13-5-6-15-16(11-13)21-17(20-15)12-14-7-9-22(10-8-14)18(23)24-19(2,3)4/h5-6,11,14H,7-10,12H2,1-4H3,(H,20,21). The first kappa shape index (κ1) is 16.8. The van der Waals surface area contributed by atoms with Crippen LogP contribution in [0.15, 0.2) is 18.2 Å². The number of rotatable bonds is 2. The van der Waals surface area contributed by atoms with E-state index in [0.29, 0.717) is 5.92 Å². The van der Waals surface area contributed by atoms with Gasteiger partial charge >= 0.3 is 6.09 Å². The van der Waals surface area contributed by atoms with Gasteiger partial charge in [0.1, 0.15) is 11.4 Å². The van der Waals surface area contributed by atoms with Crippen molar-refractivity contribution in [3.05, 3.63) is 29.6 Å². The minimum Gasteiger partial charge on any atom is -0.444 e. The third kappa shape index (κ3) is 4.08. The van der Waals surface area contributed by atoms with E-state index in [1.54, 1.807) is 0 Å². The van der Waals surface area contributed by atoms with Gasteiger partial charge in [0.2, 0.25) is 0 Å². The maximum Gasteiger partial charge on any atom is 0.410 e. The van der Waals surface area contributed by atoms with E-state index < -0.39 is 5.60 Å². The van der Waals surface area contributed by atoms with Crippen molar-refractivity contribution in [3.8, 4) is 0 Å². The van der Waals surface area contributed by atoms with E-state index in [4.69, 9.17) is 4.74 Å². The first-order chi connectivity index (χ1) is 11.3. The first-order valence-electron chi connectivity index (χ1n) is 8.73. The molecule has 3 rings (SSSR count). The van der Waals surface area contributed by atoms with Crippen LogP contribution in [0.3, 0.4) is 0 Å². The molecule has 0 unspecified atom stereocenters. The molecule has 0 aliphatic carbocycles. The van der Waals surface area contributed by atoms with E-state index in [1.807, 2.05) is 25.7 Å². The molecule has 0 saturated carbocycles. The predicted octanol–water partition coefficient (Wildman–Crippen LogP) is 4.06. The van der Waals surface area contributed by atoms with E-state index in [0.717, 1.165) is 49.2 Å². The number of H-pyrrole nitrogens is 1. The van der Waals surface area contributed by atoms with Crippen molar-refractivity contribution in [3.63, 3.8) is 0 Å². The van der Waals surface area contributed by atoms with Crippen LogP contribution in [0.25, 0.3) is 11.0 Å². The Kier molecular flexibility index (Phi) is 4.52. The summed E-state index contributed by atoms with van der Waals surface area (Å²) < 4.78 is 5.45. The molecule has 1 amide bonds. The van der Waals surface area contributed by atoms with Crippen molar-refractivity contribution in [1.82, 2.24) is 14.9 Å². The molecule has 1 saturated heterocycles. The number of carbonyl (C=O) groups excluding carboxylic acids is 1. The molecule has 0 bridgehead atoms. The molecule has 1 aliphatic rings. The highest BCUT2D eigenvalue weighted by molar-refractivity contribution is 5.75. The quantitative estimate of drug-likeness (QED) is 0.904. The molecule has 0 spiro atoms. The van der Waals surface area contributed by atoms with E-state index in [-0.39, 0.29) is 6.09 Å². The van der Waals surface area contributed by atoms with Gasteiger partial charge in [0.05, 0.1) is 11.0 Å². The number of piperidine rings is 1. The number of hydrogen-bond donors (Lipinski definition) is 1. The third-order valence-corrected chi connectivity index (χ3v) is 4.43. The van der Waals surface area contributed by atoms with Crippen LogP contribution in [0, 0.1) is 12.8 Å². The molecule has 1 fully saturated rings. The van der Waals surface area contributed by atoms with Crippen molar-refractivity contribution < 1.29 is 9.53 Å². The number of aromatic amines is 1. The number of imidazole rings is 1. The highest BCUT2D eigenvalue weighted by atomic mass is 16.6. The summed E-state index contributed by atoms with van der Waals surface area (Å²) in [7, 11) is 0. The van der Waals surface area contributed by atoms with Gasteiger partial charge < -0.3 is 14.6 Å². The molecule has 0 atom stereocenters. The summed E-state index contributed by atoms with van der Waals surface area (Å²) in [6.07, 6.45) is 2.74. The van der Waals surface area contributed by atoms with Gasteiger partial charge in [-0.3, -0.25) is 0 Å². The highest BCUT2D eigenvalue weighted by Gasteiger charge is 2.27. The van der Waals surface area contributed by atoms with Gasteiger partial charge in [-0.2, -0.15) is 0 Å². The fourth-order valence-corrected chi connectivity index (χ4v) is 3.19. The zero-order valence-electron chi connectivity index (χ0n) is 15.1. The number of nitrogens with zero attached hydrogens (tertiary/aromatic N) is 2. The molecule has 1 aromatic carbocycles. The second-order valence-corrected chi connectivity index (χ2v) is 7.82. The third-order valence-electron chi connectivity index (χ3n) is 4.43. The van der Waals surface area contributed by atoms with Gasteiger partial charge in [-0.1, -0.05) is 6.07 Å². The summed E-state index contributed by atoms with van der Waals surface area (Å²) in [6.45, 7) is 9.33. The van der Waals surface area contributed by atoms with Gasteiger partial charge in [-0.15, -0.1) is 0 Å². The van der Waals surface area contributed by atoms with Crippen molar-refractivity contribution in [2.75, 3.05) is 13.1 Å². The van der Waals surface area contributed by atoms with Gasteiger partial charge in [0.25, 0.3) is 0 Å². The number of hydrogen-bond acceptors (Lipinski definition) is 3. The molecule has 2 heterocycles. The van der Waals surface area contributed by atoms with Crippen LogP contribution < -0.4 is 0 Å². The highest BCUT2D eigenvalue weighted by Crippen LogP contribution is 2.23. The number of likely N-dealkylation sites (tertiary alicyclic amines) is 1. The van der Waals surface area contributed by atoms with Gasteiger partial charge in [0, 0.05) is 19.5 Å². The molecule has 5 nitrogen and oxygen atoms in total. The second kappa shape index (κ2) is 6.46. The molecule has 0 radical (unpaired) electrons. The van der Waals surface area contributed by atoms with Crippen LogP contribution in [0.1, 0.15) is 45.0 Å². The smallest absolute Gasteiger partial charge is 0.410 e. The van der Waals surface area contributed by atoms with E-state index in [2.05, 4.69) is 35.1 Å². The number of aromatic nitrogens is 2. The number of carbonyl (C=O) groups is 1. The maximum absolute atomic E-state index is 12.1. The topological polar surface area (TPSA) is 58.2 Å². The largest absolute Gasteiger partial charge is 0.444 e.